The van der Waals surface area contributed by atoms with E-state index < -0.39 is 12.0 Å². The predicted octanol–water partition coefficient (Wildman–Crippen LogP) is 3.75. The minimum absolute atomic E-state index is 0.210. The van der Waals surface area contributed by atoms with Gasteiger partial charge in [-0.15, -0.1) is 0 Å². The van der Waals surface area contributed by atoms with E-state index in [1.54, 1.807) is 0 Å². The molecule has 1 fully saturated rings. The molecule has 2 aromatic carbocycles. The van der Waals surface area contributed by atoms with Crippen LogP contribution in [0.15, 0.2) is 60.7 Å². The Morgan fingerprint density at radius 3 is 1.92 bits per heavy atom. The molecule has 0 unspecified atom stereocenters. The highest BCUT2D eigenvalue weighted by Gasteiger charge is 2.27. The number of carbonyl (C=O) groups excluding carboxylic acids is 1. The third-order valence-corrected chi connectivity index (χ3v) is 4.85. The first-order valence-electron chi connectivity index (χ1n) is 8.89. The van der Waals surface area contributed by atoms with Gasteiger partial charge in [-0.25, -0.2) is 4.79 Å². The van der Waals surface area contributed by atoms with Crippen molar-refractivity contribution in [2.45, 2.75) is 18.8 Å². The molecule has 1 aliphatic heterocycles. The van der Waals surface area contributed by atoms with Crippen LogP contribution in [0.2, 0.25) is 0 Å². The maximum atomic E-state index is 12.8. The zero-order chi connectivity index (χ0) is 18.4. The van der Waals surface area contributed by atoms with Gasteiger partial charge in [0.15, 0.2) is 0 Å². The number of benzene rings is 2. The van der Waals surface area contributed by atoms with Crippen LogP contribution in [0.3, 0.4) is 0 Å². The van der Waals surface area contributed by atoms with Crippen molar-refractivity contribution < 1.29 is 19.4 Å². The number of rotatable bonds is 5. The Kier molecular flexibility index (Phi) is 5.89. The summed E-state index contributed by atoms with van der Waals surface area (Å²) >= 11 is 0. The number of amides is 1. The molecule has 2 aromatic rings. The van der Waals surface area contributed by atoms with Gasteiger partial charge in [-0.1, -0.05) is 60.7 Å². The van der Waals surface area contributed by atoms with Gasteiger partial charge < -0.3 is 14.7 Å². The average molecular weight is 353 g/mol. The van der Waals surface area contributed by atoms with Crippen molar-refractivity contribution >= 4 is 12.1 Å². The van der Waals surface area contributed by atoms with E-state index in [1.807, 2.05) is 60.7 Å². The molecule has 0 aliphatic carbocycles. The molecule has 0 radical (unpaired) electrons. The normalized spacial score (nSPS) is 15.0. The van der Waals surface area contributed by atoms with E-state index in [2.05, 4.69) is 0 Å². The van der Waals surface area contributed by atoms with E-state index in [-0.39, 0.29) is 11.9 Å². The molecular weight excluding hydrogens is 330 g/mol. The molecule has 0 bridgehead atoms. The Bertz CT molecular complexity index is 685. The highest BCUT2D eigenvalue weighted by Crippen LogP contribution is 2.27. The van der Waals surface area contributed by atoms with Crippen LogP contribution >= 0.6 is 0 Å². The molecule has 5 nitrogen and oxygen atoms in total. The fraction of sp³-hybridized carbons (Fsp3) is 0.333. The molecule has 1 aliphatic rings. The molecular formula is C21H23NO4. The predicted molar refractivity (Wildman–Crippen MR) is 98.0 cm³/mol. The number of hydrogen-bond donors (Lipinski definition) is 1. The molecule has 1 heterocycles. The van der Waals surface area contributed by atoms with Crippen LogP contribution in [-0.2, 0) is 9.53 Å². The van der Waals surface area contributed by atoms with E-state index in [4.69, 9.17) is 9.84 Å². The van der Waals surface area contributed by atoms with E-state index in [0.29, 0.717) is 19.7 Å². The number of nitrogens with zero attached hydrogens (tertiary/aromatic N) is 1. The molecule has 0 atom stereocenters. The first kappa shape index (κ1) is 18.0. The standard InChI is InChI=1S/C21H23NO4/c23-20(26-15-16-11-13-22(14-12-16)21(24)25)19(17-7-3-1-4-8-17)18-9-5-2-6-10-18/h1-10,16,19H,11-15H2,(H,24,25). The number of hydrogen-bond acceptors (Lipinski definition) is 3. The van der Waals surface area contributed by atoms with E-state index in [1.165, 1.54) is 4.90 Å². The number of piperidine rings is 1. The lowest BCUT2D eigenvalue weighted by Crippen LogP contribution is -2.38. The summed E-state index contributed by atoms with van der Waals surface area (Å²) in [6.07, 6.45) is 0.565. The fourth-order valence-corrected chi connectivity index (χ4v) is 3.33. The second-order valence-electron chi connectivity index (χ2n) is 6.60. The van der Waals surface area contributed by atoms with Gasteiger partial charge in [0.25, 0.3) is 0 Å². The van der Waals surface area contributed by atoms with Gasteiger partial charge in [-0.05, 0) is 29.9 Å². The SMILES string of the molecule is O=C(OCC1CCN(C(=O)O)CC1)C(c1ccccc1)c1ccccc1. The molecule has 1 saturated heterocycles. The first-order chi connectivity index (χ1) is 12.6. The third kappa shape index (κ3) is 4.42. The number of carboxylic acid groups (broad SMARTS) is 1. The molecule has 0 spiro atoms. The van der Waals surface area contributed by atoms with Crippen molar-refractivity contribution in [2.24, 2.45) is 5.92 Å². The molecule has 136 valence electrons. The summed E-state index contributed by atoms with van der Waals surface area (Å²) in [6, 6.07) is 19.3. The van der Waals surface area contributed by atoms with Gasteiger partial charge in [-0.2, -0.15) is 0 Å². The molecule has 1 amide bonds. The Morgan fingerprint density at radius 1 is 0.962 bits per heavy atom. The van der Waals surface area contributed by atoms with E-state index in [9.17, 15) is 9.59 Å². The molecule has 26 heavy (non-hydrogen) atoms. The van der Waals surface area contributed by atoms with Gasteiger partial charge in [0, 0.05) is 13.1 Å². The molecule has 3 rings (SSSR count). The van der Waals surface area contributed by atoms with Crippen molar-refractivity contribution in [3.05, 3.63) is 71.8 Å². The molecule has 0 saturated carbocycles. The zero-order valence-electron chi connectivity index (χ0n) is 14.6. The van der Waals surface area contributed by atoms with Crippen molar-refractivity contribution in [3.8, 4) is 0 Å². The summed E-state index contributed by atoms with van der Waals surface area (Å²) in [4.78, 5) is 25.2. The Morgan fingerprint density at radius 2 is 1.46 bits per heavy atom. The van der Waals surface area contributed by atoms with E-state index >= 15 is 0 Å². The van der Waals surface area contributed by atoms with Crippen LogP contribution in [0.25, 0.3) is 0 Å². The number of esters is 1. The van der Waals surface area contributed by atoms with Gasteiger partial charge in [0.05, 0.1) is 6.61 Å². The molecule has 5 heteroatoms. The maximum Gasteiger partial charge on any atom is 0.407 e. The van der Waals surface area contributed by atoms with Crippen LogP contribution in [0, 0.1) is 5.92 Å². The summed E-state index contributed by atoms with van der Waals surface area (Å²) in [7, 11) is 0. The van der Waals surface area contributed by atoms with Gasteiger partial charge in [0.2, 0.25) is 0 Å². The summed E-state index contributed by atoms with van der Waals surface area (Å²) in [5.74, 6) is -0.499. The smallest absolute Gasteiger partial charge is 0.407 e. The van der Waals surface area contributed by atoms with Crippen LogP contribution in [0.5, 0.6) is 0 Å². The van der Waals surface area contributed by atoms with Gasteiger partial charge in [-0.3, -0.25) is 4.79 Å². The van der Waals surface area contributed by atoms with Crippen LogP contribution in [0.4, 0.5) is 4.79 Å². The second kappa shape index (κ2) is 8.52. The first-order valence-corrected chi connectivity index (χ1v) is 8.89. The Balaban J connectivity index is 1.65. The highest BCUT2D eigenvalue weighted by molar-refractivity contribution is 5.82. The maximum absolute atomic E-state index is 12.8. The molecule has 1 N–H and O–H groups in total. The minimum Gasteiger partial charge on any atom is -0.465 e. The fourth-order valence-electron chi connectivity index (χ4n) is 3.33. The number of carbonyl (C=O) groups is 2. The summed E-state index contributed by atoms with van der Waals surface area (Å²) < 4.78 is 5.64. The summed E-state index contributed by atoms with van der Waals surface area (Å²) in [6.45, 7) is 1.33. The summed E-state index contributed by atoms with van der Waals surface area (Å²) in [5.41, 5.74) is 1.81. The lowest BCUT2D eigenvalue weighted by molar-refractivity contribution is -0.146. The monoisotopic (exact) mass is 353 g/mol. The zero-order valence-corrected chi connectivity index (χ0v) is 14.6. The van der Waals surface area contributed by atoms with Crippen molar-refractivity contribution in [3.63, 3.8) is 0 Å². The van der Waals surface area contributed by atoms with Gasteiger partial charge in [0.1, 0.15) is 5.92 Å². The molecule has 0 aromatic heterocycles. The van der Waals surface area contributed by atoms with Crippen LogP contribution in [0.1, 0.15) is 29.9 Å². The summed E-state index contributed by atoms with van der Waals surface area (Å²) in [5, 5.41) is 9.01. The van der Waals surface area contributed by atoms with Crippen molar-refractivity contribution in [1.82, 2.24) is 4.90 Å². The van der Waals surface area contributed by atoms with Crippen molar-refractivity contribution in [1.29, 1.82) is 0 Å². The average Bonchev–Trinajstić information content (AvgIpc) is 2.68. The largest absolute Gasteiger partial charge is 0.465 e. The van der Waals surface area contributed by atoms with Crippen molar-refractivity contribution in [2.75, 3.05) is 19.7 Å². The van der Waals surface area contributed by atoms with Crippen LogP contribution in [-0.4, -0.2) is 41.8 Å². The Labute approximate surface area is 153 Å². The van der Waals surface area contributed by atoms with Gasteiger partial charge >= 0.3 is 12.1 Å². The van der Waals surface area contributed by atoms with E-state index in [0.717, 1.165) is 24.0 Å². The second-order valence-corrected chi connectivity index (χ2v) is 6.60. The lowest BCUT2D eigenvalue weighted by Gasteiger charge is -2.30. The van der Waals surface area contributed by atoms with Crippen LogP contribution < -0.4 is 0 Å². The third-order valence-electron chi connectivity index (χ3n) is 4.85. The topological polar surface area (TPSA) is 66.8 Å². The number of likely N-dealkylation sites (tertiary alicyclic amines) is 1. The number of ether oxygens (including phenoxy) is 1. The minimum atomic E-state index is -0.881. The lowest BCUT2D eigenvalue weighted by atomic mass is 9.91. The Hall–Kier alpha value is -2.82. The highest BCUT2D eigenvalue weighted by atomic mass is 16.5. The quantitative estimate of drug-likeness (QED) is 0.831.